The van der Waals surface area contributed by atoms with Gasteiger partial charge in [-0.15, -0.1) is 0 Å². The molecule has 0 saturated heterocycles. The quantitative estimate of drug-likeness (QED) is 0.433. The van der Waals surface area contributed by atoms with Crippen LogP contribution >= 0.6 is 0 Å². The zero-order valence-electron chi connectivity index (χ0n) is 5.52. The van der Waals surface area contributed by atoms with E-state index in [1.165, 1.54) is 0 Å². The van der Waals surface area contributed by atoms with E-state index >= 15 is 0 Å². The van der Waals surface area contributed by atoms with Gasteiger partial charge in [-0.25, -0.2) is 0 Å². The highest BCUT2D eigenvalue weighted by molar-refractivity contribution is 7.87. The minimum Gasteiger partial charge on any atom is -0.454 e. The Morgan fingerprint density at radius 2 is 2.00 bits per heavy atom. The van der Waals surface area contributed by atoms with Gasteiger partial charge in [-0.2, -0.15) is 8.42 Å². The van der Waals surface area contributed by atoms with Gasteiger partial charge in [-0.3, -0.25) is 8.98 Å². The highest BCUT2D eigenvalue weighted by atomic mass is 32.2. The monoisotopic (exact) mass is 178 g/mol. The molecule has 0 aromatic heterocycles. The van der Waals surface area contributed by atoms with Crippen molar-refractivity contribution >= 4 is 16.1 Å². The lowest BCUT2D eigenvalue weighted by Crippen LogP contribution is -2.07. The smallest absolute Gasteiger partial charge is 0.308 e. The molecule has 0 saturated carbocycles. The number of ether oxygens (including phenoxy) is 1. The first-order chi connectivity index (χ1) is 4.95. The second-order valence-electron chi connectivity index (χ2n) is 1.55. The summed E-state index contributed by atoms with van der Waals surface area (Å²) in [5.41, 5.74) is 0. The van der Waals surface area contributed by atoms with Gasteiger partial charge in [0.25, 0.3) is 10.1 Å². The van der Waals surface area contributed by atoms with E-state index in [2.05, 4.69) is 22.3 Å². The Bertz CT molecular complexity index is 217. The molecule has 0 aliphatic heterocycles. The fourth-order valence-corrected chi connectivity index (χ4v) is 0.616. The topological polar surface area (TPSA) is 69.7 Å². The first kappa shape index (κ1) is 10.4. The summed E-state index contributed by atoms with van der Waals surface area (Å²) < 4.78 is 27.9. The van der Waals surface area contributed by atoms with Crippen LogP contribution < -0.4 is 0 Å². The van der Waals surface area contributed by atoms with Crippen LogP contribution in [0.15, 0.2) is 0 Å². The molecular weight excluding hydrogens is 172 g/mol. The van der Waals surface area contributed by atoms with Crippen molar-refractivity contribution in [2.45, 2.75) is 6.42 Å². The molecule has 0 bridgehead atoms. The first-order valence-corrected chi connectivity index (χ1v) is 3.99. The summed E-state index contributed by atoms with van der Waals surface area (Å²) in [6.45, 7) is -0.366. The summed E-state index contributed by atoms with van der Waals surface area (Å²) >= 11 is 0. The van der Waals surface area contributed by atoms with Crippen LogP contribution in [0.4, 0.5) is 0 Å². The van der Waals surface area contributed by atoms with E-state index in [0.717, 1.165) is 0 Å². The highest BCUT2D eigenvalue weighted by Gasteiger charge is 2.05. The molecule has 11 heavy (non-hydrogen) atoms. The number of esters is 1. The number of hydrogen-bond donors (Lipinski definition) is 0. The number of hydrogen-bond acceptors (Lipinski definition) is 5. The molecule has 0 aromatic carbocycles. The van der Waals surface area contributed by atoms with Gasteiger partial charge in [0.15, 0.2) is 7.11 Å². The molecule has 0 rings (SSSR count). The molecule has 0 heterocycles. The van der Waals surface area contributed by atoms with Gasteiger partial charge >= 0.3 is 5.97 Å². The summed E-state index contributed by atoms with van der Waals surface area (Å²) in [4.78, 5) is 10.2. The molecule has 0 aromatic rings. The maximum atomic E-state index is 10.2. The van der Waals surface area contributed by atoms with Crippen LogP contribution in [0.25, 0.3) is 0 Å². The van der Waals surface area contributed by atoms with Crippen LogP contribution in [0.3, 0.4) is 0 Å². The van der Waals surface area contributed by atoms with Crippen molar-refractivity contribution in [2.24, 2.45) is 0 Å². The van der Waals surface area contributed by atoms with Crippen molar-refractivity contribution < 1.29 is 22.1 Å². The van der Waals surface area contributed by atoms with E-state index in [1.54, 1.807) is 0 Å². The summed E-state index contributed by atoms with van der Waals surface area (Å²) in [6.07, 6.45) is 4.17. The maximum absolute atomic E-state index is 10.2. The number of carbonyl (C=O) groups excluding carboxylic acids is 1. The average molecular weight is 178 g/mol. The molecule has 0 fully saturated rings. The Hall–Kier alpha value is -0.620. The van der Waals surface area contributed by atoms with Crippen LogP contribution in [-0.2, 0) is 23.8 Å². The summed E-state index contributed by atoms with van der Waals surface area (Å²) in [6, 6.07) is 0. The Balaban J connectivity index is 3.51. The third kappa shape index (κ3) is 7.27. The predicted molar refractivity (Wildman–Crippen MR) is 34.2 cm³/mol. The zero-order chi connectivity index (χ0) is 8.91. The lowest BCUT2D eigenvalue weighted by molar-refractivity contribution is -0.138. The molecule has 0 aliphatic rings. The Kier molecular flexibility index (Phi) is 4.06. The maximum Gasteiger partial charge on any atom is 0.308 e. The molecule has 62 valence electrons. The summed E-state index contributed by atoms with van der Waals surface area (Å²) in [7, 11) is 0.459. The van der Waals surface area contributed by atoms with E-state index in [-0.39, 0.29) is 13.0 Å². The summed E-state index contributed by atoms with van der Waals surface area (Å²) in [5, 5.41) is 0. The van der Waals surface area contributed by atoms with Crippen molar-refractivity contribution in [3.8, 4) is 0 Å². The van der Waals surface area contributed by atoms with E-state index in [0.29, 0.717) is 0 Å². The Labute approximate surface area is 65.4 Å². The van der Waals surface area contributed by atoms with E-state index in [9.17, 15) is 13.2 Å². The van der Waals surface area contributed by atoms with E-state index in [4.69, 9.17) is 0 Å². The second-order valence-corrected chi connectivity index (χ2v) is 2.78. The van der Waals surface area contributed by atoms with Gasteiger partial charge < -0.3 is 4.74 Å². The molecule has 0 spiro atoms. The van der Waals surface area contributed by atoms with Crippen molar-refractivity contribution in [3.63, 3.8) is 0 Å². The molecule has 0 aliphatic carbocycles. The van der Waals surface area contributed by atoms with Crippen LogP contribution in [0.1, 0.15) is 6.42 Å². The first-order valence-electron chi connectivity index (χ1n) is 2.52. The lowest BCUT2D eigenvalue weighted by Gasteiger charge is -1.97. The van der Waals surface area contributed by atoms with Gasteiger partial charge in [0.1, 0.15) is 6.26 Å². The minimum atomic E-state index is -3.98. The predicted octanol–water partition coefficient (Wildman–Crippen LogP) is -0.397. The van der Waals surface area contributed by atoms with Crippen molar-refractivity contribution in [1.29, 1.82) is 0 Å². The molecule has 5 nitrogen and oxygen atoms in total. The van der Waals surface area contributed by atoms with Crippen LogP contribution in [-0.4, -0.2) is 21.0 Å². The molecular formula is C5H6O5S. The van der Waals surface area contributed by atoms with Crippen LogP contribution in [0.2, 0.25) is 0 Å². The molecule has 0 atom stereocenters. The van der Waals surface area contributed by atoms with Crippen LogP contribution in [0.5, 0.6) is 0 Å². The van der Waals surface area contributed by atoms with Gasteiger partial charge in [-0.05, 0) is 0 Å². The second kappa shape index (κ2) is 4.30. The zero-order valence-corrected chi connectivity index (χ0v) is 6.33. The van der Waals surface area contributed by atoms with Gasteiger partial charge in [0, 0.05) is 0 Å². The minimum absolute atomic E-state index is 0.257. The summed E-state index contributed by atoms with van der Waals surface area (Å²) in [5.74, 6) is -0.770. The number of carbonyl (C=O) groups is 1. The van der Waals surface area contributed by atoms with E-state index in [1.807, 2.05) is 0 Å². The number of rotatable bonds is 4. The standard InChI is InChI=1S/C5H6O5S/c1-9-5(6)3-4-10-11(2,7)8/h1-2H,3-4H2. The molecule has 6 heteroatoms. The SMILES string of the molecule is [CH]OC(=O)CCOS([CH])(=O)=O. The van der Waals surface area contributed by atoms with Gasteiger partial charge in [0.2, 0.25) is 0 Å². The van der Waals surface area contributed by atoms with Crippen LogP contribution in [0, 0.1) is 13.4 Å². The molecule has 0 amide bonds. The molecule has 0 unspecified atom stereocenters. The normalized spacial score (nSPS) is 11.1. The average Bonchev–Trinajstić information content (AvgIpc) is 1.85. The Morgan fingerprint density at radius 3 is 2.36 bits per heavy atom. The van der Waals surface area contributed by atoms with E-state index < -0.39 is 16.1 Å². The van der Waals surface area contributed by atoms with Crippen molar-refractivity contribution in [1.82, 2.24) is 0 Å². The molecule has 0 N–H and O–H groups in total. The van der Waals surface area contributed by atoms with Crippen molar-refractivity contribution in [3.05, 3.63) is 13.4 Å². The highest BCUT2D eigenvalue weighted by Crippen LogP contribution is 1.92. The fraction of sp³-hybridized carbons (Fsp3) is 0.400. The Morgan fingerprint density at radius 1 is 1.45 bits per heavy atom. The fourth-order valence-electron chi connectivity index (χ4n) is 0.300. The molecule has 4 radical (unpaired) electrons. The van der Waals surface area contributed by atoms with Crippen molar-refractivity contribution in [2.75, 3.05) is 6.61 Å². The third-order valence-corrected chi connectivity index (χ3v) is 1.18. The van der Waals surface area contributed by atoms with Gasteiger partial charge in [0.05, 0.1) is 13.0 Å². The lowest BCUT2D eigenvalue weighted by atomic mass is 10.5. The third-order valence-electron chi connectivity index (χ3n) is 0.685. The largest absolute Gasteiger partial charge is 0.454 e. The van der Waals surface area contributed by atoms with Gasteiger partial charge in [-0.1, -0.05) is 0 Å².